The van der Waals surface area contributed by atoms with Crippen molar-refractivity contribution in [3.8, 4) is 0 Å². The molecule has 1 aliphatic rings. The summed E-state index contributed by atoms with van der Waals surface area (Å²) in [6.07, 6.45) is 1.80. The van der Waals surface area contributed by atoms with Gasteiger partial charge in [-0.2, -0.15) is 0 Å². The van der Waals surface area contributed by atoms with E-state index in [1.165, 1.54) is 25.1 Å². The van der Waals surface area contributed by atoms with Gasteiger partial charge in [0.05, 0.1) is 17.4 Å². The lowest BCUT2D eigenvalue weighted by Gasteiger charge is -2.14. The molecule has 0 spiro atoms. The number of para-hydroxylation sites is 1. The Bertz CT molecular complexity index is 993. The van der Waals surface area contributed by atoms with Crippen LogP contribution in [0, 0.1) is 6.92 Å². The zero-order chi connectivity index (χ0) is 20.3. The first-order chi connectivity index (χ1) is 13.3. The Balaban J connectivity index is 1.79. The van der Waals surface area contributed by atoms with Crippen LogP contribution in [0.2, 0.25) is 0 Å². The lowest BCUT2D eigenvalue weighted by atomic mass is 10.1. The first kappa shape index (κ1) is 20.3. The molecule has 0 saturated carbocycles. The number of thiophene rings is 1. The van der Waals surface area contributed by atoms with Crippen molar-refractivity contribution < 1.29 is 27.9 Å². The number of rotatable bonds is 7. The summed E-state index contributed by atoms with van der Waals surface area (Å²) < 4.78 is 33.1. The topological polar surface area (TPSA) is 122 Å². The maximum Gasteiger partial charge on any atom is 0.346 e. The first-order valence-corrected chi connectivity index (χ1v) is 10.9. The van der Waals surface area contributed by atoms with Crippen LogP contribution in [0.25, 0.3) is 0 Å². The molecule has 1 fully saturated rings. The second kappa shape index (κ2) is 8.29. The molecule has 1 aliphatic heterocycles. The Morgan fingerprint density at radius 2 is 2.07 bits per heavy atom. The zero-order valence-corrected chi connectivity index (χ0v) is 16.7. The van der Waals surface area contributed by atoms with Crippen molar-refractivity contribution >= 4 is 38.9 Å². The fourth-order valence-corrected chi connectivity index (χ4v) is 5.33. The number of aryl methyl sites for hydroxylation is 1. The number of aromatic carboxylic acids is 1. The van der Waals surface area contributed by atoms with Crippen LogP contribution in [0.5, 0.6) is 0 Å². The lowest BCUT2D eigenvalue weighted by Crippen LogP contribution is -2.32. The summed E-state index contributed by atoms with van der Waals surface area (Å²) in [5.74, 6) is -1.60. The number of hydrogen-bond donors (Lipinski definition) is 3. The van der Waals surface area contributed by atoms with E-state index in [-0.39, 0.29) is 26.4 Å². The highest BCUT2D eigenvalue weighted by Gasteiger charge is 2.24. The molecule has 3 rings (SSSR count). The highest BCUT2D eigenvalue weighted by Crippen LogP contribution is 2.28. The highest BCUT2D eigenvalue weighted by atomic mass is 32.2. The third-order valence-electron chi connectivity index (χ3n) is 4.28. The van der Waals surface area contributed by atoms with Gasteiger partial charge in [0.15, 0.2) is 0 Å². The summed E-state index contributed by atoms with van der Waals surface area (Å²) in [6, 6.07) is 7.55. The van der Waals surface area contributed by atoms with Gasteiger partial charge in [-0.1, -0.05) is 12.1 Å². The molecule has 1 aromatic carbocycles. The van der Waals surface area contributed by atoms with E-state index < -0.39 is 21.9 Å². The van der Waals surface area contributed by atoms with Crippen molar-refractivity contribution in [1.82, 2.24) is 5.32 Å². The van der Waals surface area contributed by atoms with Crippen LogP contribution >= 0.6 is 11.3 Å². The standard InChI is InChI=1S/C18H20N2O6S2/c1-11-9-15(27-16(11)18(22)23)28(24,25)20-14-7-3-2-6-13(14)17(21)19-10-12-5-4-8-26-12/h2-3,6-7,9,12,20H,4-5,8,10H2,1H3,(H,19,21)(H,22,23)/t12-/m1/s1. The van der Waals surface area contributed by atoms with Crippen molar-refractivity contribution in [1.29, 1.82) is 0 Å². The van der Waals surface area contributed by atoms with Crippen molar-refractivity contribution in [3.05, 3.63) is 46.3 Å². The summed E-state index contributed by atoms with van der Waals surface area (Å²) in [4.78, 5) is 23.7. The third kappa shape index (κ3) is 4.51. The molecule has 1 saturated heterocycles. The number of ether oxygens (including phenoxy) is 1. The van der Waals surface area contributed by atoms with Crippen molar-refractivity contribution in [2.75, 3.05) is 17.9 Å². The molecule has 150 valence electrons. The van der Waals surface area contributed by atoms with Crippen LogP contribution in [-0.2, 0) is 14.8 Å². The molecule has 0 aliphatic carbocycles. The fraction of sp³-hybridized carbons (Fsp3) is 0.333. The minimum atomic E-state index is -4.03. The van der Waals surface area contributed by atoms with Gasteiger partial charge in [0, 0.05) is 13.2 Å². The van der Waals surface area contributed by atoms with E-state index in [0.717, 1.165) is 12.8 Å². The fourth-order valence-electron chi connectivity index (χ4n) is 2.87. The smallest absolute Gasteiger partial charge is 0.346 e. The molecule has 2 aromatic rings. The summed E-state index contributed by atoms with van der Waals surface area (Å²) >= 11 is 0.668. The minimum Gasteiger partial charge on any atom is -0.477 e. The van der Waals surface area contributed by atoms with Gasteiger partial charge in [-0.25, -0.2) is 13.2 Å². The van der Waals surface area contributed by atoms with Crippen molar-refractivity contribution in [2.24, 2.45) is 0 Å². The molecular formula is C18H20N2O6S2. The van der Waals surface area contributed by atoms with Crippen LogP contribution in [0.4, 0.5) is 5.69 Å². The number of sulfonamides is 1. The number of anilines is 1. The molecular weight excluding hydrogens is 404 g/mol. The predicted molar refractivity (Wildman–Crippen MR) is 105 cm³/mol. The van der Waals surface area contributed by atoms with Gasteiger partial charge in [-0.15, -0.1) is 11.3 Å². The highest BCUT2D eigenvalue weighted by molar-refractivity contribution is 7.94. The normalized spacial score (nSPS) is 16.7. The van der Waals surface area contributed by atoms with E-state index in [4.69, 9.17) is 9.84 Å². The molecule has 8 nitrogen and oxygen atoms in total. The van der Waals surface area contributed by atoms with Gasteiger partial charge in [0.25, 0.3) is 15.9 Å². The van der Waals surface area contributed by atoms with Crippen LogP contribution < -0.4 is 10.0 Å². The Kier molecular flexibility index (Phi) is 6.01. The second-order valence-corrected chi connectivity index (χ2v) is 9.34. The predicted octanol–water partition coefficient (Wildman–Crippen LogP) is 2.46. The van der Waals surface area contributed by atoms with Gasteiger partial charge in [-0.05, 0) is 43.5 Å². The molecule has 1 aromatic heterocycles. The number of carboxylic acid groups (broad SMARTS) is 1. The minimum absolute atomic E-state index is 0.0312. The monoisotopic (exact) mass is 424 g/mol. The van der Waals surface area contributed by atoms with Crippen molar-refractivity contribution in [3.63, 3.8) is 0 Å². The van der Waals surface area contributed by atoms with Crippen LogP contribution in [0.3, 0.4) is 0 Å². The van der Waals surface area contributed by atoms with E-state index in [0.29, 0.717) is 30.1 Å². The number of carbonyl (C=O) groups is 2. The van der Waals surface area contributed by atoms with E-state index in [9.17, 15) is 18.0 Å². The Morgan fingerprint density at radius 1 is 1.32 bits per heavy atom. The quantitative estimate of drug-likeness (QED) is 0.628. The first-order valence-electron chi connectivity index (χ1n) is 8.63. The summed E-state index contributed by atoms with van der Waals surface area (Å²) in [5.41, 5.74) is 0.659. The number of nitrogens with one attached hydrogen (secondary N) is 2. The van der Waals surface area contributed by atoms with Gasteiger partial charge in [0.1, 0.15) is 9.09 Å². The van der Waals surface area contributed by atoms with E-state index in [1.54, 1.807) is 12.1 Å². The van der Waals surface area contributed by atoms with Crippen LogP contribution in [0.1, 0.15) is 38.4 Å². The molecule has 1 amide bonds. The largest absolute Gasteiger partial charge is 0.477 e. The Morgan fingerprint density at radius 3 is 2.71 bits per heavy atom. The van der Waals surface area contributed by atoms with Gasteiger partial charge in [-0.3, -0.25) is 9.52 Å². The third-order valence-corrected chi connectivity index (χ3v) is 7.35. The zero-order valence-electron chi connectivity index (χ0n) is 15.1. The number of benzene rings is 1. The summed E-state index contributed by atoms with van der Waals surface area (Å²) in [6.45, 7) is 2.56. The van der Waals surface area contributed by atoms with E-state index in [2.05, 4.69) is 10.0 Å². The van der Waals surface area contributed by atoms with Gasteiger partial charge < -0.3 is 15.2 Å². The summed E-state index contributed by atoms with van der Waals surface area (Å²) in [7, 11) is -4.03. The van der Waals surface area contributed by atoms with Gasteiger partial charge >= 0.3 is 5.97 Å². The maximum absolute atomic E-state index is 12.7. The van der Waals surface area contributed by atoms with Crippen LogP contribution in [0.15, 0.2) is 34.5 Å². The molecule has 0 radical (unpaired) electrons. The second-order valence-electron chi connectivity index (χ2n) is 6.38. The average molecular weight is 425 g/mol. The molecule has 10 heteroatoms. The van der Waals surface area contributed by atoms with E-state index in [1.807, 2.05) is 0 Å². The number of carbonyl (C=O) groups excluding carboxylic acids is 1. The van der Waals surface area contributed by atoms with Gasteiger partial charge in [0.2, 0.25) is 0 Å². The SMILES string of the molecule is Cc1cc(S(=O)(=O)Nc2ccccc2C(=O)NC[C@H]2CCCO2)sc1C(=O)O. The molecule has 3 N–H and O–H groups in total. The Labute approximate surface area is 166 Å². The van der Waals surface area contributed by atoms with E-state index >= 15 is 0 Å². The molecule has 2 heterocycles. The molecule has 0 unspecified atom stereocenters. The number of hydrogen-bond acceptors (Lipinski definition) is 6. The molecule has 28 heavy (non-hydrogen) atoms. The lowest BCUT2D eigenvalue weighted by molar-refractivity contribution is 0.0701. The Hall–Kier alpha value is -2.43. The molecule has 1 atom stereocenters. The van der Waals surface area contributed by atoms with Crippen LogP contribution in [-0.4, -0.2) is 44.7 Å². The maximum atomic E-state index is 12.7. The van der Waals surface area contributed by atoms with Crippen molar-refractivity contribution in [2.45, 2.75) is 30.1 Å². The summed E-state index contributed by atoms with van der Waals surface area (Å²) in [5, 5.41) is 11.9. The number of carboxylic acids is 1. The average Bonchev–Trinajstić information content (AvgIpc) is 3.29. The number of amides is 1. The molecule has 0 bridgehead atoms.